The second-order valence-electron chi connectivity index (χ2n) is 5.79. The molecule has 1 amide bonds. The maximum atomic E-state index is 12.7. The van der Waals surface area contributed by atoms with Crippen LogP contribution in [0.5, 0.6) is 11.5 Å². The highest BCUT2D eigenvalue weighted by Crippen LogP contribution is 2.34. The zero-order valence-corrected chi connectivity index (χ0v) is 15.8. The standard InChI is InChI=1S/C21H21NO3S/c1-14(26-16-11-12-19(24-2)20(13-16)25-3)21(23)22-18-10-6-8-15-7-4-5-9-17(15)18/h4-14H,1-3H3,(H,22,23). The predicted octanol–water partition coefficient (Wildman–Crippen LogP) is 4.98. The van der Waals surface area contributed by atoms with Crippen LogP contribution in [-0.4, -0.2) is 25.4 Å². The minimum absolute atomic E-state index is 0.0406. The molecule has 0 radical (unpaired) electrons. The zero-order valence-electron chi connectivity index (χ0n) is 15.0. The number of fused-ring (bicyclic) bond motifs is 1. The van der Waals surface area contributed by atoms with Gasteiger partial charge < -0.3 is 14.8 Å². The maximum absolute atomic E-state index is 12.7. The highest BCUT2D eigenvalue weighted by molar-refractivity contribution is 8.00. The van der Waals surface area contributed by atoms with Crippen molar-refractivity contribution in [2.75, 3.05) is 19.5 Å². The number of ether oxygens (including phenoxy) is 2. The summed E-state index contributed by atoms with van der Waals surface area (Å²) < 4.78 is 10.6. The van der Waals surface area contributed by atoms with Crippen LogP contribution in [-0.2, 0) is 4.79 Å². The number of methoxy groups -OCH3 is 2. The molecule has 0 aliphatic carbocycles. The summed E-state index contributed by atoms with van der Waals surface area (Å²) in [6, 6.07) is 19.6. The molecule has 3 rings (SSSR count). The number of anilines is 1. The highest BCUT2D eigenvalue weighted by Gasteiger charge is 2.16. The predicted molar refractivity (Wildman–Crippen MR) is 107 cm³/mol. The van der Waals surface area contributed by atoms with Gasteiger partial charge in [-0.15, -0.1) is 11.8 Å². The van der Waals surface area contributed by atoms with Crippen LogP contribution in [0.2, 0.25) is 0 Å². The van der Waals surface area contributed by atoms with Crippen molar-refractivity contribution >= 4 is 34.1 Å². The summed E-state index contributed by atoms with van der Waals surface area (Å²) in [5, 5.41) is 4.92. The van der Waals surface area contributed by atoms with Crippen molar-refractivity contribution in [3.8, 4) is 11.5 Å². The number of thioether (sulfide) groups is 1. The molecule has 0 aromatic heterocycles. The van der Waals surface area contributed by atoms with Gasteiger partial charge in [-0.2, -0.15) is 0 Å². The number of rotatable bonds is 6. The normalized spacial score (nSPS) is 11.8. The lowest BCUT2D eigenvalue weighted by atomic mass is 10.1. The van der Waals surface area contributed by atoms with E-state index in [2.05, 4.69) is 5.32 Å². The third-order valence-corrected chi connectivity index (χ3v) is 5.18. The summed E-state index contributed by atoms with van der Waals surface area (Å²) >= 11 is 1.48. The SMILES string of the molecule is COc1ccc(SC(C)C(=O)Nc2cccc3ccccc23)cc1OC. The third kappa shape index (κ3) is 3.94. The number of hydrogen-bond donors (Lipinski definition) is 1. The molecule has 4 nitrogen and oxygen atoms in total. The van der Waals surface area contributed by atoms with E-state index < -0.39 is 0 Å². The first-order valence-corrected chi connectivity index (χ1v) is 9.17. The average molecular weight is 367 g/mol. The largest absolute Gasteiger partial charge is 0.493 e. The van der Waals surface area contributed by atoms with E-state index in [9.17, 15) is 4.79 Å². The minimum Gasteiger partial charge on any atom is -0.493 e. The minimum atomic E-state index is -0.257. The van der Waals surface area contributed by atoms with Crippen molar-refractivity contribution in [2.24, 2.45) is 0 Å². The van der Waals surface area contributed by atoms with Gasteiger partial charge in [0.1, 0.15) is 0 Å². The number of benzene rings is 3. The van der Waals surface area contributed by atoms with Crippen molar-refractivity contribution in [1.29, 1.82) is 0 Å². The van der Waals surface area contributed by atoms with Crippen molar-refractivity contribution < 1.29 is 14.3 Å². The van der Waals surface area contributed by atoms with E-state index >= 15 is 0 Å². The second kappa shape index (κ2) is 8.15. The molecule has 1 atom stereocenters. The van der Waals surface area contributed by atoms with Gasteiger partial charge in [-0.1, -0.05) is 36.4 Å². The number of hydrogen-bond acceptors (Lipinski definition) is 4. The Morgan fingerprint density at radius 1 is 0.962 bits per heavy atom. The van der Waals surface area contributed by atoms with E-state index in [1.807, 2.05) is 67.6 Å². The Morgan fingerprint density at radius 3 is 2.46 bits per heavy atom. The van der Waals surface area contributed by atoms with E-state index in [-0.39, 0.29) is 11.2 Å². The molecule has 0 aliphatic rings. The Bertz CT molecular complexity index is 921. The molecular formula is C21H21NO3S. The van der Waals surface area contributed by atoms with Crippen LogP contribution < -0.4 is 14.8 Å². The molecule has 0 heterocycles. The summed E-state index contributed by atoms with van der Waals surface area (Å²) in [6.07, 6.45) is 0. The zero-order chi connectivity index (χ0) is 18.5. The highest BCUT2D eigenvalue weighted by atomic mass is 32.2. The van der Waals surface area contributed by atoms with Crippen LogP contribution in [0.25, 0.3) is 10.8 Å². The molecule has 5 heteroatoms. The summed E-state index contributed by atoms with van der Waals surface area (Å²) in [4.78, 5) is 13.6. The van der Waals surface area contributed by atoms with Crippen LogP contribution in [0.4, 0.5) is 5.69 Å². The van der Waals surface area contributed by atoms with Gasteiger partial charge in [0.05, 0.1) is 19.5 Å². The summed E-state index contributed by atoms with van der Waals surface area (Å²) in [7, 11) is 3.20. The summed E-state index contributed by atoms with van der Waals surface area (Å²) in [5.41, 5.74) is 0.827. The molecule has 26 heavy (non-hydrogen) atoms. The quantitative estimate of drug-likeness (QED) is 0.625. The Hall–Kier alpha value is -2.66. The van der Waals surface area contributed by atoms with Crippen LogP contribution in [0.3, 0.4) is 0 Å². The fourth-order valence-electron chi connectivity index (χ4n) is 2.72. The molecule has 0 bridgehead atoms. The first kappa shape index (κ1) is 18.1. The van der Waals surface area contributed by atoms with E-state index in [0.29, 0.717) is 11.5 Å². The number of amides is 1. The van der Waals surface area contributed by atoms with Crippen molar-refractivity contribution in [3.05, 3.63) is 60.7 Å². The van der Waals surface area contributed by atoms with Gasteiger partial charge in [-0.3, -0.25) is 4.79 Å². The van der Waals surface area contributed by atoms with Crippen LogP contribution in [0, 0.1) is 0 Å². The van der Waals surface area contributed by atoms with E-state index in [0.717, 1.165) is 21.4 Å². The van der Waals surface area contributed by atoms with E-state index in [4.69, 9.17) is 9.47 Å². The van der Waals surface area contributed by atoms with Crippen LogP contribution in [0.15, 0.2) is 65.6 Å². The number of nitrogens with one attached hydrogen (secondary N) is 1. The maximum Gasteiger partial charge on any atom is 0.237 e. The Kier molecular flexibility index (Phi) is 5.68. The smallest absolute Gasteiger partial charge is 0.237 e. The van der Waals surface area contributed by atoms with Gasteiger partial charge in [0, 0.05) is 16.0 Å². The van der Waals surface area contributed by atoms with Crippen LogP contribution in [0.1, 0.15) is 6.92 Å². The molecule has 3 aromatic carbocycles. The molecule has 1 N–H and O–H groups in total. The Labute approximate surface area is 157 Å². The lowest BCUT2D eigenvalue weighted by molar-refractivity contribution is -0.115. The molecule has 0 spiro atoms. The monoisotopic (exact) mass is 367 g/mol. The molecule has 0 saturated carbocycles. The fraction of sp³-hybridized carbons (Fsp3) is 0.190. The van der Waals surface area contributed by atoms with Crippen molar-refractivity contribution in [2.45, 2.75) is 17.1 Å². The molecule has 0 saturated heterocycles. The van der Waals surface area contributed by atoms with Crippen molar-refractivity contribution in [3.63, 3.8) is 0 Å². The lowest BCUT2D eigenvalue weighted by Gasteiger charge is -2.15. The number of carbonyl (C=O) groups excluding carboxylic acids is 1. The second-order valence-corrected chi connectivity index (χ2v) is 7.21. The first-order valence-electron chi connectivity index (χ1n) is 8.29. The molecule has 1 unspecified atom stereocenters. The van der Waals surface area contributed by atoms with E-state index in [1.54, 1.807) is 14.2 Å². The summed E-state index contributed by atoms with van der Waals surface area (Å²) in [5.74, 6) is 1.28. The van der Waals surface area contributed by atoms with Gasteiger partial charge >= 0.3 is 0 Å². The van der Waals surface area contributed by atoms with E-state index in [1.165, 1.54) is 11.8 Å². The van der Waals surface area contributed by atoms with Crippen LogP contribution >= 0.6 is 11.8 Å². The van der Waals surface area contributed by atoms with Gasteiger partial charge in [0.25, 0.3) is 0 Å². The average Bonchev–Trinajstić information content (AvgIpc) is 2.68. The Balaban J connectivity index is 1.74. The molecule has 0 aliphatic heterocycles. The van der Waals surface area contributed by atoms with Crippen molar-refractivity contribution in [1.82, 2.24) is 0 Å². The van der Waals surface area contributed by atoms with Gasteiger partial charge in [0.2, 0.25) is 5.91 Å². The lowest BCUT2D eigenvalue weighted by Crippen LogP contribution is -2.22. The van der Waals surface area contributed by atoms with Gasteiger partial charge in [-0.05, 0) is 36.6 Å². The van der Waals surface area contributed by atoms with Gasteiger partial charge in [-0.25, -0.2) is 0 Å². The molecule has 134 valence electrons. The first-order chi connectivity index (χ1) is 12.6. The number of carbonyl (C=O) groups is 1. The van der Waals surface area contributed by atoms with Gasteiger partial charge in [0.15, 0.2) is 11.5 Å². The molecule has 0 fully saturated rings. The fourth-order valence-corrected chi connectivity index (χ4v) is 3.61. The molecular weight excluding hydrogens is 346 g/mol. The topological polar surface area (TPSA) is 47.6 Å². The Morgan fingerprint density at radius 2 is 1.69 bits per heavy atom. The summed E-state index contributed by atoms with van der Waals surface area (Å²) in [6.45, 7) is 1.89. The molecule has 3 aromatic rings. The third-order valence-electron chi connectivity index (χ3n) is 4.08.